The van der Waals surface area contributed by atoms with E-state index in [1.807, 2.05) is 35.0 Å². The SMILES string of the molecule is COc1ccc(Cn2nccc2NC(=O)C2CC3CCC2C3)cc1. The van der Waals surface area contributed by atoms with Crippen LogP contribution in [-0.4, -0.2) is 22.8 Å². The first-order chi connectivity index (χ1) is 11.7. The lowest BCUT2D eigenvalue weighted by atomic mass is 9.88. The fourth-order valence-corrected chi connectivity index (χ4v) is 4.25. The summed E-state index contributed by atoms with van der Waals surface area (Å²) < 4.78 is 7.02. The van der Waals surface area contributed by atoms with Crippen molar-refractivity contribution >= 4 is 11.7 Å². The molecular weight excluding hydrogens is 302 g/mol. The molecule has 126 valence electrons. The van der Waals surface area contributed by atoms with Crippen LogP contribution in [0.25, 0.3) is 0 Å². The largest absolute Gasteiger partial charge is 0.497 e. The van der Waals surface area contributed by atoms with Gasteiger partial charge >= 0.3 is 0 Å². The predicted molar refractivity (Wildman–Crippen MR) is 91.9 cm³/mol. The normalized spacial score (nSPS) is 25.0. The number of amides is 1. The summed E-state index contributed by atoms with van der Waals surface area (Å²) >= 11 is 0. The van der Waals surface area contributed by atoms with E-state index in [1.165, 1.54) is 19.3 Å². The lowest BCUT2D eigenvalue weighted by Crippen LogP contribution is -2.28. The Morgan fingerprint density at radius 3 is 2.75 bits per heavy atom. The molecule has 2 bridgehead atoms. The summed E-state index contributed by atoms with van der Waals surface area (Å²) in [6.07, 6.45) is 6.56. The zero-order valence-electron chi connectivity index (χ0n) is 13.9. The summed E-state index contributed by atoms with van der Waals surface area (Å²) in [5, 5.41) is 7.45. The Morgan fingerprint density at radius 2 is 2.08 bits per heavy atom. The Morgan fingerprint density at radius 1 is 1.25 bits per heavy atom. The molecule has 4 rings (SSSR count). The molecular formula is C19H23N3O2. The van der Waals surface area contributed by atoms with Crippen LogP contribution < -0.4 is 10.1 Å². The molecule has 24 heavy (non-hydrogen) atoms. The van der Waals surface area contributed by atoms with E-state index < -0.39 is 0 Å². The maximum Gasteiger partial charge on any atom is 0.228 e. The third kappa shape index (κ3) is 2.90. The van der Waals surface area contributed by atoms with Crippen LogP contribution in [0.4, 0.5) is 5.82 Å². The Labute approximate surface area is 142 Å². The Kier molecular flexibility index (Phi) is 4.00. The number of anilines is 1. The van der Waals surface area contributed by atoms with Gasteiger partial charge in [-0.05, 0) is 48.8 Å². The molecule has 1 aromatic carbocycles. The molecule has 0 spiro atoms. The highest BCUT2D eigenvalue weighted by Gasteiger charge is 2.43. The standard InChI is InChI=1S/C19H23N3O2/c1-24-16-6-3-13(4-7-16)12-22-18(8-9-20-22)21-19(23)17-11-14-2-5-15(17)10-14/h3-4,6-9,14-15,17H,2,5,10-12H2,1H3,(H,21,23). The third-order valence-corrected chi connectivity index (χ3v) is 5.53. The van der Waals surface area contributed by atoms with Crippen molar-refractivity contribution in [2.45, 2.75) is 32.2 Å². The number of ether oxygens (including phenoxy) is 1. The topological polar surface area (TPSA) is 56.1 Å². The first kappa shape index (κ1) is 15.2. The van der Waals surface area contributed by atoms with Crippen molar-refractivity contribution in [2.75, 3.05) is 12.4 Å². The zero-order valence-corrected chi connectivity index (χ0v) is 13.9. The van der Waals surface area contributed by atoms with Crippen molar-refractivity contribution in [3.63, 3.8) is 0 Å². The van der Waals surface area contributed by atoms with Gasteiger partial charge in [0.05, 0.1) is 19.9 Å². The highest BCUT2D eigenvalue weighted by Crippen LogP contribution is 2.48. The van der Waals surface area contributed by atoms with E-state index in [0.29, 0.717) is 12.5 Å². The van der Waals surface area contributed by atoms with Gasteiger partial charge < -0.3 is 10.1 Å². The Bertz CT molecular complexity index is 722. The Hall–Kier alpha value is -2.30. The summed E-state index contributed by atoms with van der Waals surface area (Å²) in [5.41, 5.74) is 1.12. The molecule has 1 heterocycles. The molecule has 2 aliphatic rings. The van der Waals surface area contributed by atoms with Crippen molar-refractivity contribution in [2.24, 2.45) is 17.8 Å². The number of carbonyl (C=O) groups excluding carboxylic acids is 1. The van der Waals surface area contributed by atoms with Gasteiger partial charge in [-0.3, -0.25) is 4.79 Å². The highest BCUT2D eigenvalue weighted by molar-refractivity contribution is 5.92. The van der Waals surface area contributed by atoms with E-state index >= 15 is 0 Å². The highest BCUT2D eigenvalue weighted by atomic mass is 16.5. The minimum atomic E-state index is 0.165. The summed E-state index contributed by atoms with van der Waals surface area (Å²) in [6, 6.07) is 9.78. The van der Waals surface area contributed by atoms with Gasteiger partial charge in [0.15, 0.2) is 0 Å². The van der Waals surface area contributed by atoms with Crippen molar-refractivity contribution in [3.05, 3.63) is 42.1 Å². The smallest absolute Gasteiger partial charge is 0.228 e. The van der Waals surface area contributed by atoms with Crippen LogP contribution in [0.5, 0.6) is 5.75 Å². The van der Waals surface area contributed by atoms with Crippen LogP contribution in [0.3, 0.4) is 0 Å². The van der Waals surface area contributed by atoms with Crippen molar-refractivity contribution in [3.8, 4) is 5.75 Å². The van der Waals surface area contributed by atoms with E-state index in [2.05, 4.69) is 10.4 Å². The number of benzene rings is 1. The molecule has 2 saturated carbocycles. The van der Waals surface area contributed by atoms with E-state index in [-0.39, 0.29) is 11.8 Å². The van der Waals surface area contributed by atoms with Gasteiger partial charge in [-0.15, -0.1) is 0 Å². The second-order valence-electron chi connectivity index (χ2n) is 6.99. The van der Waals surface area contributed by atoms with E-state index in [0.717, 1.165) is 29.5 Å². The van der Waals surface area contributed by atoms with E-state index in [4.69, 9.17) is 4.74 Å². The fraction of sp³-hybridized carbons (Fsp3) is 0.474. The molecule has 0 aliphatic heterocycles. The number of methoxy groups -OCH3 is 1. The molecule has 5 nitrogen and oxygen atoms in total. The number of aromatic nitrogens is 2. The van der Waals surface area contributed by atoms with Gasteiger partial charge in [0, 0.05) is 12.0 Å². The second kappa shape index (κ2) is 6.30. The average Bonchev–Trinajstić information content (AvgIpc) is 3.33. The molecule has 2 aliphatic carbocycles. The minimum Gasteiger partial charge on any atom is -0.497 e. The molecule has 3 atom stereocenters. The average molecular weight is 325 g/mol. The molecule has 1 N–H and O–H groups in total. The van der Waals surface area contributed by atoms with Gasteiger partial charge in [0.25, 0.3) is 0 Å². The van der Waals surface area contributed by atoms with E-state index in [1.54, 1.807) is 13.3 Å². The predicted octanol–water partition coefficient (Wildman–Crippen LogP) is 3.31. The van der Waals surface area contributed by atoms with Gasteiger partial charge in [0.1, 0.15) is 11.6 Å². The zero-order chi connectivity index (χ0) is 16.5. The van der Waals surface area contributed by atoms with E-state index in [9.17, 15) is 4.79 Å². The maximum absolute atomic E-state index is 12.6. The molecule has 1 aromatic heterocycles. The lowest BCUT2D eigenvalue weighted by Gasteiger charge is -2.21. The molecule has 2 fully saturated rings. The molecule has 5 heteroatoms. The van der Waals surface area contributed by atoms with Crippen LogP contribution in [0.2, 0.25) is 0 Å². The van der Waals surface area contributed by atoms with Crippen molar-refractivity contribution in [1.29, 1.82) is 0 Å². The fourth-order valence-electron chi connectivity index (χ4n) is 4.25. The molecule has 2 aromatic rings. The number of fused-ring (bicyclic) bond motifs is 2. The van der Waals surface area contributed by atoms with Crippen LogP contribution in [0.1, 0.15) is 31.2 Å². The van der Waals surface area contributed by atoms with Gasteiger partial charge in [-0.2, -0.15) is 5.10 Å². The number of nitrogens with zero attached hydrogens (tertiary/aromatic N) is 2. The molecule has 3 unspecified atom stereocenters. The molecule has 0 radical (unpaired) electrons. The number of hydrogen-bond acceptors (Lipinski definition) is 3. The van der Waals surface area contributed by atoms with Crippen molar-refractivity contribution in [1.82, 2.24) is 9.78 Å². The number of nitrogens with one attached hydrogen (secondary N) is 1. The number of rotatable bonds is 5. The minimum absolute atomic E-state index is 0.165. The van der Waals surface area contributed by atoms with Crippen LogP contribution in [0.15, 0.2) is 36.5 Å². The second-order valence-corrected chi connectivity index (χ2v) is 6.99. The van der Waals surface area contributed by atoms with Crippen LogP contribution >= 0.6 is 0 Å². The first-order valence-corrected chi connectivity index (χ1v) is 8.68. The molecule has 1 amide bonds. The first-order valence-electron chi connectivity index (χ1n) is 8.68. The lowest BCUT2D eigenvalue weighted by molar-refractivity contribution is -0.121. The maximum atomic E-state index is 12.6. The summed E-state index contributed by atoms with van der Waals surface area (Å²) in [4.78, 5) is 12.6. The van der Waals surface area contributed by atoms with Gasteiger partial charge in [-0.1, -0.05) is 18.6 Å². The Balaban J connectivity index is 1.43. The molecule has 0 saturated heterocycles. The number of hydrogen-bond donors (Lipinski definition) is 1. The monoisotopic (exact) mass is 325 g/mol. The van der Waals surface area contributed by atoms with Crippen molar-refractivity contribution < 1.29 is 9.53 Å². The summed E-state index contributed by atoms with van der Waals surface area (Å²) in [7, 11) is 1.66. The van der Waals surface area contributed by atoms with Crippen LogP contribution in [0, 0.1) is 17.8 Å². The van der Waals surface area contributed by atoms with Gasteiger partial charge in [0.2, 0.25) is 5.91 Å². The third-order valence-electron chi connectivity index (χ3n) is 5.53. The van der Waals surface area contributed by atoms with Crippen LogP contribution in [-0.2, 0) is 11.3 Å². The number of carbonyl (C=O) groups is 1. The quantitative estimate of drug-likeness (QED) is 0.917. The summed E-state index contributed by atoms with van der Waals surface area (Å²) in [6.45, 7) is 0.628. The summed E-state index contributed by atoms with van der Waals surface area (Å²) in [5.74, 6) is 3.33. The van der Waals surface area contributed by atoms with Gasteiger partial charge in [-0.25, -0.2) is 4.68 Å².